The standard InChI is InChI=1S/C8H7F3O2/c1-2-3-4-5(9)6(10)7(11)8(12)13/h2-4H,1H3,(H,12,13). The van der Waals surface area contributed by atoms with Crippen molar-refractivity contribution in [1.82, 2.24) is 0 Å². The van der Waals surface area contributed by atoms with Gasteiger partial charge in [-0.15, -0.1) is 0 Å². The molecule has 0 saturated heterocycles. The summed E-state index contributed by atoms with van der Waals surface area (Å²) < 4.78 is 37.1. The summed E-state index contributed by atoms with van der Waals surface area (Å²) >= 11 is 0. The maximum absolute atomic E-state index is 12.5. The van der Waals surface area contributed by atoms with Gasteiger partial charge in [0.1, 0.15) is 0 Å². The van der Waals surface area contributed by atoms with E-state index in [1.807, 2.05) is 0 Å². The lowest BCUT2D eigenvalue weighted by Gasteiger charge is -1.92. The van der Waals surface area contributed by atoms with Crippen LogP contribution in [0, 0.1) is 0 Å². The van der Waals surface area contributed by atoms with Gasteiger partial charge in [-0.05, 0) is 13.0 Å². The zero-order valence-corrected chi connectivity index (χ0v) is 6.72. The molecule has 0 rings (SSSR count). The Morgan fingerprint density at radius 1 is 1.23 bits per heavy atom. The second-order valence-corrected chi connectivity index (χ2v) is 1.97. The van der Waals surface area contributed by atoms with Gasteiger partial charge < -0.3 is 5.11 Å². The van der Waals surface area contributed by atoms with E-state index in [-0.39, 0.29) is 0 Å². The molecule has 0 aromatic carbocycles. The van der Waals surface area contributed by atoms with Crippen LogP contribution in [0.2, 0.25) is 0 Å². The Morgan fingerprint density at radius 3 is 2.15 bits per heavy atom. The van der Waals surface area contributed by atoms with Gasteiger partial charge in [-0.1, -0.05) is 12.2 Å². The predicted octanol–water partition coefficient (Wildman–Crippen LogP) is 2.65. The van der Waals surface area contributed by atoms with Crippen LogP contribution in [0.25, 0.3) is 0 Å². The van der Waals surface area contributed by atoms with Gasteiger partial charge in [0, 0.05) is 0 Å². The topological polar surface area (TPSA) is 37.3 Å². The van der Waals surface area contributed by atoms with Crippen LogP contribution in [0.4, 0.5) is 13.2 Å². The van der Waals surface area contributed by atoms with Crippen LogP contribution in [0.1, 0.15) is 6.92 Å². The first-order chi connectivity index (χ1) is 6.00. The molecule has 5 heteroatoms. The van der Waals surface area contributed by atoms with Crippen molar-refractivity contribution in [3.05, 3.63) is 35.7 Å². The molecule has 0 saturated carbocycles. The monoisotopic (exact) mass is 192 g/mol. The molecule has 0 aromatic rings. The van der Waals surface area contributed by atoms with E-state index in [4.69, 9.17) is 5.11 Å². The zero-order valence-electron chi connectivity index (χ0n) is 6.72. The minimum atomic E-state index is -2.14. The third kappa shape index (κ3) is 3.59. The van der Waals surface area contributed by atoms with Crippen LogP contribution in [0.15, 0.2) is 35.7 Å². The van der Waals surface area contributed by atoms with E-state index in [2.05, 4.69) is 0 Å². The Morgan fingerprint density at radius 2 is 1.77 bits per heavy atom. The molecule has 1 N–H and O–H groups in total. The van der Waals surface area contributed by atoms with Gasteiger partial charge in [0.25, 0.3) is 0 Å². The fraction of sp³-hybridized carbons (Fsp3) is 0.125. The third-order valence-electron chi connectivity index (χ3n) is 1.03. The van der Waals surface area contributed by atoms with E-state index in [1.54, 1.807) is 6.92 Å². The zero-order chi connectivity index (χ0) is 10.4. The van der Waals surface area contributed by atoms with Gasteiger partial charge in [-0.2, -0.15) is 4.39 Å². The molecule has 0 fully saturated rings. The SMILES string of the molecule is CC=CC=C(F)C(F)=C(F)C(=O)O. The van der Waals surface area contributed by atoms with E-state index in [9.17, 15) is 18.0 Å². The molecular formula is C8H7F3O2. The fourth-order valence-electron chi connectivity index (χ4n) is 0.453. The number of carbonyl (C=O) groups is 1. The van der Waals surface area contributed by atoms with Gasteiger partial charge in [0.15, 0.2) is 5.83 Å². The van der Waals surface area contributed by atoms with E-state index in [0.29, 0.717) is 6.08 Å². The molecular weight excluding hydrogens is 185 g/mol. The van der Waals surface area contributed by atoms with Crippen LogP contribution in [0.3, 0.4) is 0 Å². The Balaban J connectivity index is 4.87. The normalized spacial score (nSPS) is 14.6. The van der Waals surface area contributed by atoms with Crippen molar-refractivity contribution in [2.45, 2.75) is 6.92 Å². The molecule has 0 aliphatic carbocycles. The summed E-state index contributed by atoms with van der Waals surface area (Å²) in [6.07, 6.45) is 3.12. The lowest BCUT2D eigenvalue weighted by molar-refractivity contribution is -0.134. The number of aliphatic carboxylic acids is 1. The van der Waals surface area contributed by atoms with E-state index >= 15 is 0 Å². The summed E-state index contributed by atoms with van der Waals surface area (Å²) in [5.41, 5.74) is 0. The quantitative estimate of drug-likeness (QED) is 0.551. The van der Waals surface area contributed by atoms with Gasteiger partial charge in [0.2, 0.25) is 11.7 Å². The molecule has 0 unspecified atom stereocenters. The Kier molecular flexibility index (Phi) is 4.58. The maximum Gasteiger partial charge on any atom is 0.367 e. The molecule has 0 heterocycles. The van der Waals surface area contributed by atoms with Crippen molar-refractivity contribution in [3.63, 3.8) is 0 Å². The number of hydrogen-bond donors (Lipinski definition) is 1. The Hall–Kier alpha value is -1.52. The molecule has 0 spiro atoms. The Bertz CT molecular complexity index is 290. The minimum absolute atomic E-state index is 0.623. The summed E-state index contributed by atoms with van der Waals surface area (Å²) in [7, 11) is 0. The molecule has 0 aliphatic rings. The first-order valence-corrected chi connectivity index (χ1v) is 3.28. The van der Waals surface area contributed by atoms with Crippen molar-refractivity contribution in [2.75, 3.05) is 0 Å². The highest BCUT2D eigenvalue weighted by Gasteiger charge is 2.17. The van der Waals surface area contributed by atoms with E-state index in [1.165, 1.54) is 6.08 Å². The highest BCUT2D eigenvalue weighted by Crippen LogP contribution is 2.18. The summed E-state index contributed by atoms with van der Waals surface area (Å²) in [4.78, 5) is 9.83. The molecule has 13 heavy (non-hydrogen) atoms. The van der Waals surface area contributed by atoms with Crippen LogP contribution in [0.5, 0.6) is 0 Å². The smallest absolute Gasteiger partial charge is 0.367 e. The summed E-state index contributed by atoms with van der Waals surface area (Å²) in [5, 5.41) is 7.94. The summed E-state index contributed by atoms with van der Waals surface area (Å²) in [6, 6.07) is 0. The number of allylic oxidation sites excluding steroid dienone is 5. The number of carboxylic acid groups (broad SMARTS) is 1. The largest absolute Gasteiger partial charge is 0.476 e. The number of rotatable bonds is 3. The second kappa shape index (κ2) is 5.18. The van der Waals surface area contributed by atoms with Crippen LogP contribution < -0.4 is 0 Å². The molecule has 0 aliphatic heterocycles. The molecule has 0 amide bonds. The molecule has 2 nitrogen and oxygen atoms in total. The number of halogens is 3. The highest BCUT2D eigenvalue weighted by molar-refractivity contribution is 5.85. The molecule has 0 radical (unpaired) electrons. The molecule has 0 bridgehead atoms. The van der Waals surface area contributed by atoms with Crippen molar-refractivity contribution in [1.29, 1.82) is 0 Å². The first-order valence-electron chi connectivity index (χ1n) is 3.28. The lowest BCUT2D eigenvalue weighted by atomic mass is 10.3. The molecule has 0 atom stereocenters. The van der Waals surface area contributed by atoms with Crippen LogP contribution in [-0.4, -0.2) is 11.1 Å². The fourth-order valence-corrected chi connectivity index (χ4v) is 0.453. The maximum atomic E-state index is 12.5. The average molecular weight is 192 g/mol. The van der Waals surface area contributed by atoms with Crippen molar-refractivity contribution in [2.24, 2.45) is 0 Å². The van der Waals surface area contributed by atoms with E-state index in [0.717, 1.165) is 6.08 Å². The summed E-state index contributed by atoms with van der Waals surface area (Å²) in [5.74, 6) is -7.84. The van der Waals surface area contributed by atoms with Gasteiger partial charge in [0.05, 0.1) is 0 Å². The third-order valence-corrected chi connectivity index (χ3v) is 1.03. The Labute approximate surface area is 72.7 Å². The van der Waals surface area contributed by atoms with Crippen molar-refractivity contribution in [3.8, 4) is 0 Å². The molecule has 0 aromatic heterocycles. The molecule has 72 valence electrons. The average Bonchev–Trinajstić information content (AvgIpc) is 2.11. The highest BCUT2D eigenvalue weighted by atomic mass is 19.2. The second-order valence-electron chi connectivity index (χ2n) is 1.97. The summed E-state index contributed by atoms with van der Waals surface area (Å²) in [6.45, 7) is 1.54. The number of hydrogen-bond acceptors (Lipinski definition) is 1. The van der Waals surface area contributed by atoms with Gasteiger partial charge in [-0.25, -0.2) is 13.6 Å². The number of carboxylic acids is 1. The van der Waals surface area contributed by atoms with Gasteiger partial charge >= 0.3 is 5.97 Å². The van der Waals surface area contributed by atoms with Crippen molar-refractivity contribution >= 4 is 5.97 Å². The first kappa shape index (κ1) is 11.5. The predicted molar refractivity (Wildman–Crippen MR) is 40.9 cm³/mol. The van der Waals surface area contributed by atoms with Crippen LogP contribution in [-0.2, 0) is 4.79 Å². The minimum Gasteiger partial charge on any atom is -0.476 e. The van der Waals surface area contributed by atoms with Crippen LogP contribution >= 0.6 is 0 Å². The van der Waals surface area contributed by atoms with Crippen molar-refractivity contribution < 1.29 is 23.1 Å². The van der Waals surface area contributed by atoms with Gasteiger partial charge in [-0.3, -0.25) is 0 Å². The lowest BCUT2D eigenvalue weighted by Crippen LogP contribution is -1.97. The van der Waals surface area contributed by atoms with E-state index < -0.39 is 23.4 Å².